The van der Waals surface area contributed by atoms with E-state index in [0.29, 0.717) is 0 Å². The van der Waals surface area contributed by atoms with Gasteiger partial charge in [0.05, 0.1) is 0 Å². The van der Waals surface area contributed by atoms with Crippen molar-refractivity contribution in [1.82, 2.24) is 0 Å². The van der Waals surface area contributed by atoms with Crippen LogP contribution in [0.25, 0.3) is 87.6 Å². The van der Waals surface area contributed by atoms with Gasteiger partial charge in [0.1, 0.15) is 0 Å². The van der Waals surface area contributed by atoms with Crippen LogP contribution in [0.1, 0.15) is 16.7 Å². The van der Waals surface area contributed by atoms with Crippen molar-refractivity contribution < 1.29 is 0 Å². The first-order chi connectivity index (χ1) is 30.5. The van der Waals surface area contributed by atoms with E-state index < -0.39 is 0 Å². The average molecular weight is 792 g/mol. The molecule has 0 aliphatic rings. The molecule has 0 bridgehead atoms. The van der Waals surface area contributed by atoms with E-state index in [2.05, 4.69) is 244 Å². The van der Waals surface area contributed by atoms with Crippen LogP contribution in [0.2, 0.25) is 0 Å². The van der Waals surface area contributed by atoms with Gasteiger partial charge in [-0.1, -0.05) is 194 Å². The summed E-state index contributed by atoms with van der Waals surface area (Å²) in [6.07, 6.45) is 0. The summed E-state index contributed by atoms with van der Waals surface area (Å²) in [7, 11) is 0. The van der Waals surface area contributed by atoms with Crippen molar-refractivity contribution in [3.05, 3.63) is 235 Å². The van der Waals surface area contributed by atoms with Gasteiger partial charge in [-0.2, -0.15) is 0 Å². The van der Waals surface area contributed by atoms with Crippen molar-refractivity contribution in [3.63, 3.8) is 0 Å². The van der Waals surface area contributed by atoms with Crippen molar-refractivity contribution in [3.8, 4) is 44.5 Å². The molecule has 0 unspecified atom stereocenters. The molecule has 62 heavy (non-hydrogen) atoms. The second-order valence-electron chi connectivity index (χ2n) is 16.6. The largest absolute Gasteiger partial charge is 0.310 e. The summed E-state index contributed by atoms with van der Waals surface area (Å²) in [4.78, 5) is 2.49. The molecule has 0 aliphatic heterocycles. The van der Waals surface area contributed by atoms with Crippen LogP contribution >= 0.6 is 0 Å². The molecule has 0 aromatic heterocycles. The SMILES string of the molecule is Cc1ccc(-c2cccc3ccccc23)cc1N(c1cccc(-c2ccc(-c3c(C)ccc4ccccc34)c3ccccc23)c1)c1cc(-c2cccc3ccccc23)ccc1C. The molecule has 0 aliphatic carbocycles. The molecule has 294 valence electrons. The van der Waals surface area contributed by atoms with Crippen LogP contribution in [0, 0.1) is 20.8 Å². The number of aryl methyl sites for hydroxylation is 3. The van der Waals surface area contributed by atoms with E-state index in [-0.39, 0.29) is 0 Å². The topological polar surface area (TPSA) is 3.24 Å². The third-order valence-corrected chi connectivity index (χ3v) is 12.8. The first-order valence-corrected chi connectivity index (χ1v) is 21.6. The molecule has 0 atom stereocenters. The molecular formula is C61H45N. The van der Waals surface area contributed by atoms with Gasteiger partial charge in [-0.3, -0.25) is 0 Å². The molecule has 0 radical (unpaired) electrons. The summed E-state index contributed by atoms with van der Waals surface area (Å²) in [5.41, 5.74) is 16.9. The lowest BCUT2D eigenvalue weighted by atomic mass is 9.88. The smallest absolute Gasteiger partial charge is 0.0497 e. The van der Waals surface area contributed by atoms with Crippen LogP contribution in [-0.2, 0) is 0 Å². The Morgan fingerprint density at radius 1 is 0.274 bits per heavy atom. The van der Waals surface area contributed by atoms with Crippen LogP contribution in [0.5, 0.6) is 0 Å². The van der Waals surface area contributed by atoms with Gasteiger partial charge in [-0.05, 0) is 149 Å². The molecule has 11 aromatic carbocycles. The highest BCUT2D eigenvalue weighted by atomic mass is 15.1. The maximum atomic E-state index is 2.49. The zero-order valence-electron chi connectivity index (χ0n) is 35.2. The van der Waals surface area contributed by atoms with Gasteiger partial charge in [-0.15, -0.1) is 0 Å². The molecule has 0 amide bonds. The monoisotopic (exact) mass is 791 g/mol. The number of anilines is 3. The van der Waals surface area contributed by atoms with Crippen LogP contribution in [0.15, 0.2) is 218 Å². The van der Waals surface area contributed by atoms with Crippen molar-refractivity contribution in [2.45, 2.75) is 20.8 Å². The number of hydrogen-bond acceptors (Lipinski definition) is 1. The van der Waals surface area contributed by atoms with Gasteiger partial charge in [-0.25, -0.2) is 0 Å². The lowest BCUT2D eigenvalue weighted by Gasteiger charge is -2.30. The lowest BCUT2D eigenvalue weighted by molar-refractivity contribution is 1.23. The Morgan fingerprint density at radius 2 is 0.694 bits per heavy atom. The average Bonchev–Trinajstić information content (AvgIpc) is 3.32. The second kappa shape index (κ2) is 15.4. The van der Waals surface area contributed by atoms with Crippen LogP contribution in [0.4, 0.5) is 17.1 Å². The summed E-state index contributed by atoms with van der Waals surface area (Å²) in [6, 6.07) is 80.6. The molecule has 0 fully saturated rings. The van der Waals surface area contributed by atoms with Crippen molar-refractivity contribution in [1.29, 1.82) is 0 Å². The predicted molar refractivity (Wildman–Crippen MR) is 267 cm³/mol. The van der Waals surface area contributed by atoms with E-state index >= 15 is 0 Å². The highest BCUT2D eigenvalue weighted by Crippen LogP contribution is 2.45. The minimum Gasteiger partial charge on any atom is -0.310 e. The molecule has 11 aromatic rings. The first kappa shape index (κ1) is 37.3. The standard InChI is InChI=1S/C61H45N/c1-40-29-33-47(52-27-13-18-43-15-4-7-22-50(43)52)38-59(40)62(60-39-48(34-30-41(60)2)53-28-14-19-44-16-5-8-23-51(44)53)49-21-12-20-46(37-49)54-35-36-58(57-26-11-10-25-56(54)57)61-42(3)31-32-45-17-6-9-24-55(45)61/h4-39H,1-3H3. The van der Waals surface area contributed by atoms with Crippen molar-refractivity contribution in [2.75, 3.05) is 4.90 Å². The van der Waals surface area contributed by atoms with E-state index in [1.807, 2.05) is 0 Å². The van der Waals surface area contributed by atoms with Gasteiger partial charge in [0, 0.05) is 17.1 Å². The summed E-state index contributed by atoms with van der Waals surface area (Å²) in [5, 5.41) is 10.0. The summed E-state index contributed by atoms with van der Waals surface area (Å²) < 4.78 is 0. The Kier molecular flexibility index (Phi) is 9.24. The molecule has 1 nitrogen and oxygen atoms in total. The Balaban J connectivity index is 1.12. The molecular weight excluding hydrogens is 747 g/mol. The molecule has 11 rings (SSSR count). The van der Waals surface area contributed by atoms with Crippen LogP contribution in [-0.4, -0.2) is 0 Å². The van der Waals surface area contributed by atoms with E-state index in [4.69, 9.17) is 0 Å². The Hall–Kier alpha value is -7.74. The van der Waals surface area contributed by atoms with E-state index in [1.54, 1.807) is 0 Å². The quantitative estimate of drug-likeness (QED) is 0.155. The molecule has 0 saturated heterocycles. The van der Waals surface area contributed by atoms with Crippen molar-refractivity contribution in [2.24, 2.45) is 0 Å². The molecule has 1 heteroatoms. The van der Waals surface area contributed by atoms with Gasteiger partial charge >= 0.3 is 0 Å². The third-order valence-electron chi connectivity index (χ3n) is 12.8. The fourth-order valence-electron chi connectivity index (χ4n) is 9.72. The molecule has 0 saturated carbocycles. The molecule has 0 N–H and O–H groups in total. The minimum absolute atomic E-state index is 1.11. The Bertz CT molecular complexity index is 3380. The maximum Gasteiger partial charge on any atom is 0.0497 e. The lowest BCUT2D eigenvalue weighted by Crippen LogP contribution is -2.13. The fraction of sp³-hybridized carbons (Fsp3) is 0.0492. The number of fused-ring (bicyclic) bond motifs is 4. The van der Waals surface area contributed by atoms with Gasteiger partial charge in [0.25, 0.3) is 0 Å². The van der Waals surface area contributed by atoms with E-state index in [1.165, 1.54) is 104 Å². The van der Waals surface area contributed by atoms with Gasteiger partial charge < -0.3 is 4.90 Å². The Morgan fingerprint density at radius 3 is 1.29 bits per heavy atom. The molecule has 0 spiro atoms. The highest BCUT2D eigenvalue weighted by molar-refractivity contribution is 6.11. The third kappa shape index (κ3) is 6.42. The number of hydrogen-bond donors (Lipinski definition) is 0. The highest BCUT2D eigenvalue weighted by Gasteiger charge is 2.21. The van der Waals surface area contributed by atoms with Crippen molar-refractivity contribution >= 4 is 60.2 Å². The summed E-state index contributed by atoms with van der Waals surface area (Å²) in [6.45, 7) is 6.71. The maximum absolute atomic E-state index is 2.49. The normalized spacial score (nSPS) is 11.5. The predicted octanol–water partition coefficient (Wildman–Crippen LogP) is 17.4. The number of nitrogens with zero attached hydrogens (tertiary/aromatic N) is 1. The Labute approximate surface area is 363 Å². The van der Waals surface area contributed by atoms with Crippen LogP contribution in [0.3, 0.4) is 0 Å². The fourth-order valence-corrected chi connectivity index (χ4v) is 9.72. The summed E-state index contributed by atoms with van der Waals surface area (Å²) >= 11 is 0. The van der Waals surface area contributed by atoms with Gasteiger partial charge in [0.15, 0.2) is 0 Å². The van der Waals surface area contributed by atoms with E-state index in [9.17, 15) is 0 Å². The number of rotatable bonds is 7. The van der Waals surface area contributed by atoms with Crippen LogP contribution < -0.4 is 4.90 Å². The second-order valence-corrected chi connectivity index (χ2v) is 16.6. The first-order valence-electron chi connectivity index (χ1n) is 21.6. The number of benzene rings is 11. The zero-order chi connectivity index (χ0) is 41.7. The minimum atomic E-state index is 1.11. The summed E-state index contributed by atoms with van der Waals surface area (Å²) in [5.74, 6) is 0. The molecule has 0 heterocycles. The van der Waals surface area contributed by atoms with E-state index in [0.717, 1.165) is 17.1 Å². The zero-order valence-corrected chi connectivity index (χ0v) is 35.2. The van der Waals surface area contributed by atoms with Gasteiger partial charge in [0.2, 0.25) is 0 Å².